The molecule has 0 fully saturated rings. The van der Waals surface area contributed by atoms with Gasteiger partial charge in [0, 0.05) is 48.0 Å². The van der Waals surface area contributed by atoms with Crippen LogP contribution in [0.4, 0.5) is 0 Å². The van der Waals surface area contributed by atoms with Gasteiger partial charge in [-0.3, -0.25) is 14.8 Å². The van der Waals surface area contributed by atoms with Gasteiger partial charge in [0.15, 0.2) is 0 Å². The summed E-state index contributed by atoms with van der Waals surface area (Å²) in [4.78, 5) is 21.1. The van der Waals surface area contributed by atoms with E-state index < -0.39 is 0 Å². The van der Waals surface area contributed by atoms with Crippen molar-refractivity contribution < 1.29 is 4.79 Å². The first-order chi connectivity index (χ1) is 12.8. The highest BCUT2D eigenvalue weighted by Crippen LogP contribution is 2.20. The lowest BCUT2D eigenvalue weighted by atomic mass is 10.0. The summed E-state index contributed by atoms with van der Waals surface area (Å²) in [6.07, 6.45) is 7.11. The Bertz CT molecular complexity index is 1060. The summed E-state index contributed by atoms with van der Waals surface area (Å²) < 4.78 is 0. The molecule has 126 valence electrons. The van der Waals surface area contributed by atoms with Gasteiger partial charge in [-0.1, -0.05) is 42.5 Å². The van der Waals surface area contributed by atoms with Crippen molar-refractivity contribution in [2.75, 3.05) is 0 Å². The fourth-order valence-corrected chi connectivity index (χ4v) is 2.98. The standard InChI is InChI=1S/C22H17N3O/c26-22(21-9-3-6-17-5-1-2-8-20(17)21)25-13-16-11-19(15-24-12-16)18-7-4-10-23-14-18/h1-12,14-15H,13H2,(H,25,26). The molecule has 2 aromatic heterocycles. The minimum Gasteiger partial charge on any atom is -0.348 e. The Labute approximate surface area is 151 Å². The van der Waals surface area contributed by atoms with E-state index in [-0.39, 0.29) is 5.91 Å². The molecule has 0 saturated heterocycles. The monoisotopic (exact) mass is 339 g/mol. The highest BCUT2D eigenvalue weighted by molar-refractivity contribution is 6.06. The molecule has 0 aliphatic heterocycles. The van der Waals surface area contributed by atoms with Gasteiger partial charge in [0.05, 0.1) is 0 Å². The Morgan fingerprint density at radius 3 is 2.58 bits per heavy atom. The van der Waals surface area contributed by atoms with E-state index in [1.807, 2.05) is 60.7 Å². The second-order valence-corrected chi connectivity index (χ2v) is 6.03. The number of fused-ring (bicyclic) bond motifs is 1. The number of nitrogens with zero attached hydrogens (tertiary/aromatic N) is 2. The predicted octanol–water partition coefficient (Wildman–Crippen LogP) is 4.23. The molecule has 2 aromatic carbocycles. The van der Waals surface area contributed by atoms with Gasteiger partial charge < -0.3 is 5.32 Å². The average Bonchev–Trinajstić information content (AvgIpc) is 2.72. The zero-order chi connectivity index (χ0) is 17.8. The zero-order valence-electron chi connectivity index (χ0n) is 14.1. The largest absolute Gasteiger partial charge is 0.348 e. The molecule has 2 heterocycles. The van der Waals surface area contributed by atoms with Crippen molar-refractivity contribution >= 4 is 16.7 Å². The number of nitrogens with one attached hydrogen (secondary N) is 1. The van der Waals surface area contributed by atoms with E-state index in [1.54, 1.807) is 24.8 Å². The quantitative estimate of drug-likeness (QED) is 0.605. The lowest BCUT2D eigenvalue weighted by Crippen LogP contribution is -2.23. The van der Waals surface area contributed by atoms with Crippen LogP contribution in [-0.2, 0) is 6.54 Å². The maximum atomic E-state index is 12.6. The Morgan fingerprint density at radius 1 is 0.846 bits per heavy atom. The first-order valence-electron chi connectivity index (χ1n) is 8.41. The van der Waals surface area contributed by atoms with E-state index in [4.69, 9.17) is 0 Å². The molecule has 1 N–H and O–H groups in total. The summed E-state index contributed by atoms with van der Waals surface area (Å²) in [5.41, 5.74) is 3.61. The van der Waals surface area contributed by atoms with Gasteiger partial charge in [0.1, 0.15) is 0 Å². The number of hydrogen-bond acceptors (Lipinski definition) is 3. The fraction of sp³-hybridized carbons (Fsp3) is 0.0455. The number of amides is 1. The van der Waals surface area contributed by atoms with Crippen molar-refractivity contribution in [1.82, 2.24) is 15.3 Å². The van der Waals surface area contributed by atoms with Crippen LogP contribution in [0, 0.1) is 0 Å². The highest BCUT2D eigenvalue weighted by atomic mass is 16.1. The Morgan fingerprint density at radius 2 is 1.69 bits per heavy atom. The van der Waals surface area contributed by atoms with Crippen LogP contribution in [0.15, 0.2) is 85.5 Å². The third-order valence-corrected chi connectivity index (χ3v) is 4.28. The Balaban J connectivity index is 1.53. The molecule has 0 bridgehead atoms. The van der Waals surface area contributed by atoms with Crippen LogP contribution in [0.1, 0.15) is 15.9 Å². The third-order valence-electron chi connectivity index (χ3n) is 4.28. The first kappa shape index (κ1) is 16.0. The van der Waals surface area contributed by atoms with Crippen molar-refractivity contribution in [1.29, 1.82) is 0 Å². The number of benzene rings is 2. The molecule has 4 aromatic rings. The highest BCUT2D eigenvalue weighted by Gasteiger charge is 2.09. The van der Waals surface area contributed by atoms with Gasteiger partial charge in [0.2, 0.25) is 0 Å². The van der Waals surface area contributed by atoms with E-state index in [0.29, 0.717) is 12.1 Å². The third kappa shape index (κ3) is 3.30. The smallest absolute Gasteiger partial charge is 0.252 e. The van der Waals surface area contributed by atoms with Gasteiger partial charge in [-0.15, -0.1) is 0 Å². The molecule has 26 heavy (non-hydrogen) atoms. The van der Waals surface area contributed by atoms with E-state index >= 15 is 0 Å². The first-order valence-corrected chi connectivity index (χ1v) is 8.41. The van der Waals surface area contributed by atoms with Crippen molar-refractivity contribution in [3.05, 3.63) is 96.6 Å². The van der Waals surface area contributed by atoms with E-state index in [1.165, 1.54) is 0 Å². The SMILES string of the molecule is O=C(NCc1cncc(-c2cccnc2)c1)c1cccc2ccccc12. The van der Waals surface area contributed by atoms with Crippen LogP contribution in [0.5, 0.6) is 0 Å². The molecule has 0 aliphatic rings. The van der Waals surface area contributed by atoms with Crippen LogP contribution >= 0.6 is 0 Å². The summed E-state index contributed by atoms with van der Waals surface area (Å²) >= 11 is 0. The second-order valence-electron chi connectivity index (χ2n) is 6.03. The molecule has 4 nitrogen and oxygen atoms in total. The van der Waals surface area contributed by atoms with Gasteiger partial charge >= 0.3 is 0 Å². The molecular formula is C22H17N3O. The topological polar surface area (TPSA) is 54.9 Å². The predicted molar refractivity (Wildman–Crippen MR) is 103 cm³/mol. The molecular weight excluding hydrogens is 322 g/mol. The minimum atomic E-state index is -0.0893. The fourth-order valence-electron chi connectivity index (χ4n) is 2.98. The molecule has 0 spiro atoms. The van der Waals surface area contributed by atoms with Crippen LogP contribution < -0.4 is 5.32 Å². The summed E-state index contributed by atoms with van der Waals surface area (Å²) in [6.45, 7) is 0.420. The number of rotatable bonds is 4. The number of pyridine rings is 2. The summed E-state index contributed by atoms with van der Waals surface area (Å²) in [7, 11) is 0. The molecule has 0 aliphatic carbocycles. The van der Waals surface area contributed by atoms with Crippen LogP contribution in [0.25, 0.3) is 21.9 Å². The lowest BCUT2D eigenvalue weighted by molar-refractivity contribution is 0.0952. The van der Waals surface area contributed by atoms with E-state index in [0.717, 1.165) is 27.5 Å². The maximum Gasteiger partial charge on any atom is 0.252 e. The molecule has 1 amide bonds. The minimum absolute atomic E-state index is 0.0893. The van der Waals surface area contributed by atoms with Crippen LogP contribution in [0.2, 0.25) is 0 Å². The average molecular weight is 339 g/mol. The molecule has 0 radical (unpaired) electrons. The number of hydrogen-bond donors (Lipinski definition) is 1. The van der Waals surface area contributed by atoms with Crippen molar-refractivity contribution in [2.45, 2.75) is 6.54 Å². The second kappa shape index (κ2) is 7.15. The van der Waals surface area contributed by atoms with Gasteiger partial charge in [-0.05, 0) is 34.5 Å². The molecule has 0 unspecified atom stereocenters. The molecule has 0 saturated carbocycles. The lowest BCUT2D eigenvalue weighted by Gasteiger charge is -2.09. The molecule has 0 atom stereocenters. The zero-order valence-corrected chi connectivity index (χ0v) is 14.1. The summed E-state index contributed by atoms with van der Waals surface area (Å²) in [5, 5.41) is 5.00. The van der Waals surface area contributed by atoms with E-state index in [2.05, 4.69) is 15.3 Å². The number of carbonyl (C=O) groups excluding carboxylic acids is 1. The van der Waals surface area contributed by atoms with Gasteiger partial charge in [-0.2, -0.15) is 0 Å². The number of carbonyl (C=O) groups is 1. The van der Waals surface area contributed by atoms with Crippen molar-refractivity contribution in [2.24, 2.45) is 0 Å². The Kier molecular flexibility index (Phi) is 4.39. The normalized spacial score (nSPS) is 10.6. The number of aromatic nitrogens is 2. The van der Waals surface area contributed by atoms with E-state index in [9.17, 15) is 4.79 Å². The van der Waals surface area contributed by atoms with Crippen LogP contribution in [0.3, 0.4) is 0 Å². The van der Waals surface area contributed by atoms with Gasteiger partial charge in [-0.25, -0.2) is 0 Å². The summed E-state index contributed by atoms with van der Waals surface area (Å²) in [6, 6.07) is 19.6. The van der Waals surface area contributed by atoms with Gasteiger partial charge in [0.25, 0.3) is 5.91 Å². The maximum absolute atomic E-state index is 12.6. The van der Waals surface area contributed by atoms with Crippen LogP contribution in [-0.4, -0.2) is 15.9 Å². The van der Waals surface area contributed by atoms with Crippen molar-refractivity contribution in [3.8, 4) is 11.1 Å². The van der Waals surface area contributed by atoms with Crippen molar-refractivity contribution in [3.63, 3.8) is 0 Å². The molecule has 4 heteroatoms. The molecule has 4 rings (SSSR count). The Hall–Kier alpha value is -3.53. The summed E-state index contributed by atoms with van der Waals surface area (Å²) in [5.74, 6) is -0.0893.